The summed E-state index contributed by atoms with van der Waals surface area (Å²) in [5.41, 5.74) is 1.02. The van der Waals surface area contributed by atoms with Gasteiger partial charge in [0.25, 0.3) is 5.69 Å². The molecule has 12 heteroatoms. The Kier molecular flexibility index (Phi) is 7.48. The minimum absolute atomic E-state index is 0.0146. The summed E-state index contributed by atoms with van der Waals surface area (Å²) in [5.74, 6) is -1.93. The summed E-state index contributed by atoms with van der Waals surface area (Å²) >= 11 is 0. The van der Waals surface area contributed by atoms with Crippen LogP contribution < -0.4 is 10.3 Å². The Hall–Kier alpha value is -4.32. The predicted octanol–water partition coefficient (Wildman–Crippen LogP) is 2.94. The average molecular weight is 512 g/mol. The van der Waals surface area contributed by atoms with Crippen molar-refractivity contribution in [2.45, 2.75) is 13.5 Å². The van der Waals surface area contributed by atoms with Gasteiger partial charge in [0.05, 0.1) is 16.1 Å². The molecule has 1 saturated heterocycles. The van der Waals surface area contributed by atoms with E-state index in [4.69, 9.17) is 4.84 Å². The maximum absolute atomic E-state index is 15.1. The second-order valence-electron chi connectivity index (χ2n) is 8.57. The summed E-state index contributed by atoms with van der Waals surface area (Å²) in [6, 6.07) is 8.80. The first-order valence-electron chi connectivity index (χ1n) is 11.7. The molecule has 1 aliphatic rings. The minimum Gasteiger partial charge on any atom is -0.477 e. The van der Waals surface area contributed by atoms with Gasteiger partial charge >= 0.3 is 5.97 Å². The molecule has 2 aromatic carbocycles. The second-order valence-corrected chi connectivity index (χ2v) is 8.57. The largest absolute Gasteiger partial charge is 0.477 e. The number of benzene rings is 2. The summed E-state index contributed by atoms with van der Waals surface area (Å²) in [5, 5.41) is 24.4. The Morgan fingerprint density at radius 1 is 1.19 bits per heavy atom. The second kappa shape index (κ2) is 10.7. The zero-order chi connectivity index (χ0) is 26.7. The van der Waals surface area contributed by atoms with Crippen molar-refractivity contribution in [1.29, 1.82) is 0 Å². The Morgan fingerprint density at radius 3 is 2.43 bits per heavy atom. The first-order chi connectivity index (χ1) is 17.7. The minimum atomic E-state index is -1.35. The number of hydrogen-bond acceptors (Lipinski definition) is 8. The summed E-state index contributed by atoms with van der Waals surface area (Å²) < 4.78 is 16.8. The zero-order valence-corrected chi connectivity index (χ0v) is 20.4. The fraction of sp³-hybridized carbons (Fsp3) is 0.320. The fourth-order valence-corrected chi connectivity index (χ4v) is 4.47. The van der Waals surface area contributed by atoms with E-state index in [0.717, 1.165) is 6.07 Å². The number of aromatic nitrogens is 1. The molecule has 0 bridgehead atoms. The number of halogens is 1. The SMILES string of the molecule is CCn1cc(C(=O)O)c(=O)c2cc(F)c(N3CCN(C/C(=N/OC)c4ccc([N+](=O)[O-])cc4)CC3)cc21. The number of nitro groups is 1. The third-order valence-electron chi connectivity index (χ3n) is 6.42. The number of carboxylic acids is 1. The molecule has 1 fully saturated rings. The lowest BCUT2D eigenvalue weighted by Crippen LogP contribution is -2.48. The number of nitrogens with zero attached hydrogens (tertiary/aromatic N) is 5. The molecular formula is C25H26FN5O6. The van der Waals surface area contributed by atoms with Gasteiger partial charge < -0.3 is 19.4 Å². The summed E-state index contributed by atoms with van der Waals surface area (Å²) in [6.45, 7) is 4.87. The van der Waals surface area contributed by atoms with E-state index in [0.29, 0.717) is 61.7 Å². The fourth-order valence-electron chi connectivity index (χ4n) is 4.47. The van der Waals surface area contributed by atoms with E-state index in [1.54, 1.807) is 22.8 Å². The normalized spacial score (nSPS) is 14.7. The molecule has 2 heterocycles. The Bertz CT molecular complexity index is 1430. The van der Waals surface area contributed by atoms with Gasteiger partial charge in [-0.1, -0.05) is 5.16 Å². The molecule has 4 rings (SSSR count). The lowest BCUT2D eigenvalue weighted by Gasteiger charge is -2.36. The van der Waals surface area contributed by atoms with Crippen LogP contribution in [0.3, 0.4) is 0 Å². The third kappa shape index (κ3) is 5.28. The maximum Gasteiger partial charge on any atom is 0.341 e. The standard InChI is InChI=1S/C25H26FN5O6/c1-3-29-14-19(25(33)34)24(32)18-12-20(26)23(13-22(18)29)30-10-8-28(9-11-30)15-21(27-37-2)16-4-6-17(7-5-16)31(35)36/h4-7,12-14H,3,8-11,15H2,1-2H3,(H,33,34)/b27-21-. The van der Waals surface area contributed by atoms with E-state index in [-0.39, 0.29) is 11.1 Å². The molecule has 0 amide bonds. The molecule has 11 nitrogen and oxygen atoms in total. The number of non-ortho nitro benzene ring substituents is 1. The van der Waals surface area contributed by atoms with Crippen molar-refractivity contribution in [2.24, 2.45) is 5.16 Å². The molecule has 194 valence electrons. The first kappa shape index (κ1) is 25.8. The molecule has 0 atom stereocenters. The number of hydrogen-bond donors (Lipinski definition) is 1. The molecule has 1 N–H and O–H groups in total. The van der Waals surface area contributed by atoms with Crippen molar-refractivity contribution in [1.82, 2.24) is 9.47 Å². The van der Waals surface area contributed by atoms with Gasteiger partial charge in [-0.05, 0) is 31.2 Å². The Labute approximate surface area is 211 Å². The smallest absolute Gasteiger partial charge is 0.341 e. The van der Waals surface area contributed by atoms with E-state index in [2.05, 4.69) is 10.1 Å². The van der Waals surface area contributed by atoms with Gasteiger partial charge in [0.1, 0.15) is 24.2 Å². The van der Waals surface area contributed by atoms with E-state index in [9.17, 15) is 24.8 Å². The Morgan fingerprint density at radius 2 is 1.86 bits per heavy atom. The number of oxime groups is 1. The van der Waals surface area contributed by atoms with Crippen molar-refractivity contribution < 1.29 is 24.1 Å². The summed E-state index contributed by atoms with van der Waals surface area (Å²) in [7, 11) is 1.43. The van der Waals surface area contributed by atoms with Crippen molar-refractivity contribution >= 4 is 34.0 Å². The van der Waals surface area contributed by atoms with E-state index in [1.165, 1.54) is 25.4 Å². The lowest BCUT2D eigenvalue weighted by molar-refractivity contribution is -0.384. The molecule has 3 aromatic rings. The van der Waals surface area contributed by atoms with Crippen LogP contribution in [0.5, 0.6) is 0 Å². The number of aryl methyl sites for hydroxylation is 1. The first-order valence-corrected chi connectivity index (χ1v) is 11.7. The molecule has 0 saturated carbocycles. The van der Waals surface area contributed by atoms with Gasteiger partial charge in [0.2, 0.25) is 5.43 Å². The molecule has 0 spiro atoms. The maximum atomic E-state index is 15.1. The van der Waals surface area contributed by atoms with E-state index >= 15 is 4.39 Å². The number of carbonyl (C=O) groups is 1. The van der Waals surface area contributed by atoms with Crippen LogP contribution >= 0.6 is 0 Å². The number of pyridine rings is 1. The van der Waals surface area contributed by atoms with Crippen LogP contribution in [-0.2, 0) is 11.4 Å². The number of aromatic carboxylic acids is 1. The number of piperazine rings is 1. The quantitative estimate of drug-likeness (QED) is 0.278. The third-order valence-corrected chi connectivity index (χ3v) is 6.42. The number of fused-ring (bicyclic) bond motifs is 1. The Balaban J connectivity index is 1.53. The van der Waals surface area contributed by atoms with Crippen LogP contribution in [0.25, 0.3) is 10.9 Å². The van der Waals surface area contributed by atoms with Crippen molar-refractivity contribution in [3.63, 3.8) is 0 Å². The number of nitro benzene ring substituents is 1. The summed E-state index contributed by atoms with van der Waals surface area (Å²) in [4.78, 5) is 43.5. The van der Waals surface area contributed by atoms with Gasteiger partial charge in [0.15, 0.2) is 0 Å². The van der Waals surface area contributed by atoms with E-state index < -0.39 is 27.7 Å². The van der Waals surface area contributed by atoms with Crippen LogP contribution in [0.15, 0.2) is 52.5 Å². The number of rotatable bonds is 8. The van der Waals surface area contributed by atoms with Crippen LogP contribution in [0, 0.1) is 15.9 Å². The summed E-state index contributed by atoms with van der Waals surface area (Å²) in [6.07, 6.45) is 1.29. The van der Waals surface area contributed by atoms with Crippen molar-refractivity contribution in [3.8, 4) is 0 Å². The van der Waals surface area contributed by atoms with Crippen molar-refractivity contribution in [2.75, 3.05) is 44.7 Å². The van der Waals surface area contributed by atoms with Gasteiger partial charge in [0, 0.05) is 68.5 Å². The number of carboxylic acid groups (broad SMARTS) is 1. The predicted molar refractivity (Wildman–Crippen MR) is 136 cm³/mol. The van der Waals surface area contributed by atoms with Crippen LogP contribution in [0.1, 0.15) is 22.8 Å². The van der Waals surface area contributed by atoms with Gasteiger partial charge in [-0.25, -0.2) is 9.18 Å². The van der Waals surface area contributed by atoms with E-state index in [1.807, 2.05) is 11.8 Å². The van der Waals surface area contributed by atoms with Crippen LogP contribution in [0.2, 0.25) is 0 Å². The number of anilines is 1. The van der Waals surface area contributed by atoms with Crippen LogP contribution in [0.4, 0.5) is 15.8 Å². The van der Waals surface area contributed by atoms with Crippen molar-refractivity contribution in [3.05, 3.63) is 79.9 Å². The average Bonchev–Trinajstić information content (AvgIpc) is 2.89. The highest BCUT2D eigenvalue weighted by molar-refractivity contribution is 6.02. The highest BCUT2D eigenvalue weighted by Crippen LogP contribution is 2.26. The highest BCUT2D eigenvalue weighted by Gasteiger charge is 2.24. The lowest BCUT2D eigenvalue weighted by atomic mass is 10.1. The van der Waals surface area contributed by atoms with Gasteiger partial charge in [-0.2, -0.15) is 0 Å². The molecule has 37 heavy (non-hydrogen) atoms. The highest BCUT2D eigenvalue weighted by atomic mass is 19.1. The molecule has 1 aliphatic heterocycles. The molecule has 0 unspecified atom stereocenters. The monoisotopic (exact) mass is 511 g/mol. The topological polar surface area (TPSA) is 131 Å². The van der Waals surface area contributed by atoms with Crippen LogP contribution in [-0.4, -0.2) is 71.0 Å². The molecule has 0 aliphatic carbocycles. The molecule has 1 aromatic heterocycles. The van der Waals surface area contributed by atoms with Gasteiger partial charge in [-0.3, -0.25) is 19.8 Å². The van der Waals surface area contributed by atoms with Gasteiger partial charge in [-0.15, -0.1) is 0 Å². The molecule has 0 radical (unpaired) electrons. The zero-order valence-electron chi connectivity index (χ0n) is 20.4. The molecular weight excluding hydrogens is 485 g/mol.